The van der Waals surface area contributed by atoms with Gasteiger partial charge in [-0.15, -0.1) is 0 Å². The molecular weight excluding hydrogens is 242 g/mol. The van der Waals surface area contributed by atoms with Gasteiger partial charge in [-0.25, -0.2) is 0 Å². The lowest BCUT2D eigenvalue weighted by Crippen LogP contribution is -2.40. The summed E-state index contributed by atoms with van der Waals surface area (Å²) in [7, 11) is 1.81. The zero-order valence-electron chi connectivity index (χ0n) is 9.73. The van der Waals surface area contributed by atoms with Crippen LogP contribution in [0.5, 0.6) is 0 Å². The maximum Gasteiger partial charge on any atom is 0.231 e. The van der Waals surface area contributed by atoms with E-state index in [0.29, 0.717) is 12.5 Å². The summed E-state index contributed by atoms with van der Waals surface area (Å²) in [5, 5.41) is 10.4. The number of nitrogens with two attached hydrogens (primary N) is 1. The number of halogens is 1. The van der Waals surface area contributed by atoms with E-state index in [2.05, 4.69) is 15.0 Å². The summed E-state index contributed by atoms with van der Waals surface area (Å²) >= 11 is 5.71. The monoisotopic (exact) mass is 257 g/mol. The Kier molecular flexibility index (Phi) is 3.35. The van der Waals surface area contributed by atoms with E-state index in [-0.39, 0.29) is 11.2 Å². The predicted octanol–water partition coefficient (Wildman–Crippen LogP) is 0.848. The van der Waals surface area contributed by atoms with Gasteiger partial charge in [0.05, 0.1) is 5.60 Å². The highest BCUT2D eigenvalue weighted by atomic mass is 35.5. The molecule has 1 aromatic heterocycles. The van der Waals surface area contributed by atoms with Gasteiger partial charge < -0.3 is 15.7 Å². The standard InChI is InChI=1S/C10H16ClN5O/c1-16(6-10(17)4-2-3-5-10)9-14-7(11)13-8(12)15-9/h17H,2-6H2,1H3,(H2,12,13,14,15). The molecule has 2 rings (SSSR count). The minimum atomic E-state index is -0.650. The van der Waals surface area contributed by atoms with Crippen molar-refractivity contribution in [1.29, 1.82) is 0 Å². The van der Waals surface area contributed by atoms with Crippen molar-refractivity contribution in [3.63, 3.8) is 0 Å². The topological polar surface area (TPSA) is 88.2 Å². The van der Waals surface area contributed by atoms with E-state index in [0.717, 1.165) is 25.7 Å². The normalized spacial score (nSPS) is 18.3. The molecular formula is C10H16ClN5O. The van der Waals surface area contributed by atoms with Crippen molar-refractivity contribution in [2.45, 2.75) is 31.3 Å². The summed E-state index contributed by atoms with van der Waals surface area (Å²) in [4.78, 5) is 13.4. The zero-order valence-corrected chi connectivity index (χ0v) is 10.5. The molecule has 0 aliphatic heterocycles. The molecule has 0 atom stereocenters. The Morgan fingerprint density at radius 3 is 2.59 bits per heavy atom. The molecule has 1 saturated carbocycles. The number of anilines is 2. The van der Waals surface area contributed by atoms with Gasteiger partial charge in [0, 0.05) is 13.6 Å². The molecule has 0 aromatic carbocycles. The number of aromatic nitrogens is 3. The molecule has 0 amide bonds. The molecule has 17 heavy (non-hydrogen) atoms. The molecule has 1 aliphatic carbocycles. The molecule has 0 unspecified atom stereocenters. The lowest BCUT2D eigenvalue weighted by molar-refractivity contribution is 0.0556. The second kappa shape index (κ2) is 4.62. The lowest BCUT2D eigenvalue weighted by atomic mass is 10.0. The van der Waals surface area contributed by atoms with Crippen LogP contribution in [-0.4, -0.2) is 39.3 Å². The number of likely N-dealkylation sites (N-methyl/N-ethyl adjacent to an activating group) is 1. The van der Waals surface area contributed by atoms with Gasteiger partial charge in [0.1, 0.15) is 0 Å². The van der Waals surface area contributed by atoms with Gasteiger partial charge in [0.25, 0.3) is 0 Å². The molecule has 0 spiro atoms. The summed E-state index contributed by atoms with van der Waals surface area (Å²) in [6, 6.07) is 0. The summed E-state index contributed by atoms with van der Waals surface area (Å²) in [5.41, 5.74) is 4.85. The van der Waals surface area contributed by atoms with Gasteiger partial charge in [0.2, 0.25) is 17.2 Å². The van der Waals surface area contributed by atoms with E-state index in [1.807, 2.05) is 0 Å². The van der Waals surface area contributed by atoms with Crippen LogP contribution in [0.1, 0.15) is 25.7 Å². The minimum absolute atomic E-state index is 0.0674. The van der Waals surface area contributed by atoms with Crippen LogP contribution in [0.2, 0.25) is 5.28 Å². The molecule has 7 heteroatoms. The largest absolute Gasteiger partial charge is 0.388 e. The molecule has 94 valence electrons. The Bertz CT molecular complexity index is 387. The van der Waals surface area contributed by atoms with E-state index in [1.54, 1.807) is 11.9 Å². The molecule has 0 radical (unpaired) electrons. The highest BCUT2D eigenvalue weighted by Gasteiger charge is 2.32. The minimum Gasteiger partial charge on any atom is -0.388 e. The Hall–Kier alpha value is -1.14. The Balaban J connectivity index is 2.11. The summed E-state index contributed by atoms with van der Waals surface area (Å²) in [6.45, 7) is 0.479. The molecule has 1 aromatic rings. The van der Waals surface area contributed by atoms with Crippen molar-refractivity contribution in [3.05, 3.63) is 5.28 Å². The number of aliphatic hydroxyl groups is 1. The number of nitrogens with zero attached hydrogens (tertiary/aromatic N) is 4. The highest BCUT2D eigenvalue weighted by molar-refractivity contribution is 6.28. The number of hydrogen-bond acceptors (Lipinski definition) is 6. The van der Waals surface area contributed by atoms with Crippen molar-refractivity contribution in [2.75, 3.05) is 24.2 Å². The van der Waals surface area contributed by atoms with Crippen LogP contribution in [0.25, 0.3) is 0 Å². The second-order valence-corrected chi connectivity index (χ2v) is 4.89. The van der Waals surface area contributed by atoms with Gasteiger partial charge in [-0.1, -0.05) is 12.8 Å². The van der Waals surface area contributed by atoms with Crippen LogP contribution in [0.15, 0.2) is 0 Å². The third-order valence-corrected chi connectivity index (χ3v) is 3.19. The fourth-order valence-corrected chi connectivity index (χ4v) is 2.39. The molecule has 0 bridgehead atoms. The molecule has 1 fully saturated rings. The average Bonchev–Trinajstić information content (AvgIpc) is 2.63. The van der Waals surface area contributed by atoms with Crippen LogP contribution in [0.4, 0.5) is 11.9 Å². The van der Waals surface area contributed by atoms with Gasteiger partial charge in [-0.05, 0) is 24.4 Å². The first-order valence-corrected chi connectivity index (χ1v) is 5.97. The van der Waals surface area contributed by atoms with Crippen LogP contribution in [0.3, 0.4) is 0 Å². The van der Waals surface area contributed by atoms with Crippen molar-refractivity contribution < 1.29 is 5.11 Å². The highest BCUT2D eigenvalue weighted by Crippen LogP contribution is 2.30. The van der Waals surface area contributed by atoms with Crippen molar-refractivity contribution in [1.82, 2.24) is 15.0 Å². The molecule has 1 heterocycles. The maximum atomic E-state index is 10.3. The zero-order chi connectivity index (χ0) is 12.5. The Morgan fingerprint density at radius 2 is 2.00 bits per heavy atom. The van der Waals surface area contributed by atoms with Crippen molar-refractivity contribution in [3.8, 4) is 0 Å². The third-order valence-electron chi connectivity index (χ3n) is 3.02. The number of nitrogen functional groups attached to an aromatic ring is 1. The summed E-state index contributed by atoms with van der Waals surface area (Å²) in [5.74, 6) is 0.480. The van der Waals surface area contributed by atoms with Crippen molar-refractivity contribution in [2.24, 2.45) is 0 Å². The first-order valence-electron chi connectivity index (χ1n) is 5.59. The van der Waals surface area contributed by atoms with Crippen LogP contribution in [-0.2, 0) is 0 Å². The third kappa shape index (κ3) is 2.95. The van der Waals surface area contributed by atoms with Crippen LogP contribution in [0, 0.1) is 0 Å². The SMILES string of the molecule is CN(CC1(O)CCCC1)c1nc(N)nc(Cl)n1. The Labute approximate surface area is 105 Å². The van der Waals surface area contributed by atoms with Gasteiger partial charge in [-0.3, -0.25) is 0 Å². The number of hydrogen-bond donors (Lipinski definition) is 2. The molecule has 1 aliphatic rings. The fraction of sp³-hybridized carbons (Fsp3) is 0.700. The summed E-state index contributed by atoms with van der Waals surface area (Å²) in [6.07, 6.45) is 3.74. The quantitative estimate of drug-likeness (QED) is 0.835. The van der Waals surface area contributed by atoms with Crippen LogP contribution >= 0.6 is 11.6 Å². The van der Waals surface area contributed by atoms with E-state index in [1.165, 1.54) is 0 Å². The van der Waals surface area contributed by atoms with Crippen LogP contribution < -0.4 is 10.6 Å². The first-order chi connectivity index (χ1) is 7.98. The van der Waals surface area contributed by atoms with Gasteiger partial charge >= 0.3 is 0 Å². The smallest absolute Gasteiger partial charge is 0.231 e. The van der Waals surface area contributed by atoms with Crippen molar-refractivity contribution >= 4 is 23.5 Å². The molecule has 6 nitrogen and oxygen atoms in total. The van der Waals surface area contributed by atoms with E-state index in [4.69, 9.17) is 17.3 Å². The second-order valence-electron chi connectivity index (χ2n) is 4.55. The maximum absolute atomic E-state index is 10.3. The van der Waals surface area contributed by atoms with Gasteiger partial charge in [0.15, 0.2) is 0 Å². The fourth-order valence-electron chi connectivity index (χ4n) is 2.23. The number of rotatable bonds is 3. The first kappa shape index (κ1) is 12.3. The Morgan fingerprint density at radius 1 is 1.35 bits per heavy atom. The van der Waals surface area contributed by atoms with Gasteiger partial charge in [-0.2, -0.15) is 15.0 Å². The molecule has 0 saturated heterocycles. The average molecular weight is 258 g/mol. The van der Waals surface area contributed by atoms with E-state index >= 15 is 0 Å². The lowest BCUT2D eigenvalue weighted by Gasteiger charge is -2.28. The van der Waals surface area contributed by atoms with E-state index in [9.17, 15) is 5.11 Å². The molecule has 3 N–H and O–H groups in total. The predicted molar refractivity (Wildman–Crippen MR) is 65.9 cm³/mol. The van der Waals surface area contributed by atoms with E-state index < -0.39 is 5.60 Å². The summed E-state index contributed by atoms with van der Waals surface area (Å²) < 4.78 is 0.